The number of halogens is 4. The number of carboxylic acids is 1. The Balaban J connectivity index is 1.78. The van der Waals surface area contributed by atoms with E-state index in [9.17, 15) is 27.5 Å². The Bertz CT molecular complexity index is 1370. The van der Waals surface area contributed by atoms with Crippen LogP contribution in [0.1, 0.15) is 22.3 Å². The smallest absolute Gasteiger partial charge is 0.390 e. The first kappa shape index (κ1) is 23.1. The Labute approximate surface area is 191 Å². The van der Waals surface area contributed by atoms with Gasteiger partial charge in [-0.2, -0.15) is 13.2 Å². The summed E-state index contributed by atoms with van der Waals surface area (Å²) in [5.74, 6) is -1.08. The number of benzene rings is 3. The molecule has 0 saturated carbocycles. The number of aromatic nitrogens is 2. The molecule has 4 aromatic rings. The summed E-state index contributed by atoms with van der Waals surface area (Å²) in [6.07, 6.45) is -3.88. The maximum Gasteiger partial charge on any atom is 0.390 e. The van der Waals surface area contributed by atoms with Crippen molar-refractivity contribution in [1.29, 1.82) is 0 Å². The van der Waals surface area contributed by atoms with Gasteiger partial charge < -0.3 is 15.2 Å². The Morgan fingerprint density at radius 1 is 1.12 bits per heavy atom. The summed E-state index contributed by atoms with van der Waals surface area (Å²) in [5, 5.41) is 12.0. The molecule has 1 aromatic heterocycles. The molecule has 0 unspecified atom stereocenters. The summed E-state index contributed by atoms with van der Waals surface area (Å²) in [6, 6.07) is 13.3. The molecule has 0 saturated heterocycles. The number of fused-ring (bicyclic) bond motifs is 1. The second-order valence-electron chi connectivity index (χ2n) is 7.61. The Kier molecular flexibility index (Phi) is 6.14. The lowest BCUT2D eigenvalue weighted by Gasteiger charge is -2.13. The number of hydrogen-bond acceptors (Lipinski definition) is 4. The molecular weight excluding hydrogens is 454 g/mol. The molecule has 0 bridgehead atoms. The molecule has 0 amide bonds. The van der Waals surface area contributed by atoms with E-state index < -0.39 is 24.4 Å². The maximum absolute atomic E-state index is 13.6. The monoisotopic (exact) mass is 473 g/mol. The van der Waals surface area contributed by atoms with E-state index in [2.05, 4.69) is 10.3 Å². The number of rotatable bonds is 7. The SMILES string of the molecule is Cc1cc(-n2cnc3c(NCCC(F)(F)F)cc(Oc4cccc(F)c4)cc32)ccc1C(=O)O. The van der Waals surface area contributed by atoms with Gasteiger partial charge in [-0.3, -0.25) is 4.57 Å². The van der Waals surface area contributed by atoms with Gasteiger partial charge in [0.25, 0.3) is 0 Å². The Morgan fingerprint density at radius 2 is 1.91 bits per heavy atom. The number of aromatic carboxylic acids is 1. The quantitative estimate of drug-likeness (QED) is 0.307. The first-order valence-electron chi connectivity index (χ1n) is 10.2. The van der Waals surface area contributed by atoms with Gasteiger partial charge in [0.1, 0.15) is 29.2 Å². The molecule has 34 heavy (non-hydrogen) atoms. The van der Waals surface area contributed by atoms with E-state index in [4.69, 9.17) is 4.74 Å². The topological polar surface area (TPSA) is 76.4 Å². The summed E-state index contributed by atoms with van der Waals surface area (Å²) in [6.45, 7) is 1.29. The van der Waals surface area contributed by atoms with Crippen molar-refractivity contribution in [3.05, 3.63) is 77.9 Å². The van der Waals surface area contributed by atoms with Crippen molar-refractivity contribution in [2.24, 2.45) is 0 Å². The van der Waals surface area contributed by atoms with E-state index in [1.54, 1.807) is 35.8 Å². The van der Waals surface area contributed by atoms with Gasteiger partial charge in [0.05, 0.1) is 23.2 Å². The van der Waals surface area contributed by atoms with Crippen molar-refractivity contribution in [3.8, 4) is 17.2 Å². The van der Waals surface area contributed by atoms with E-state index in [1.807, 2.05) is 0 Å². The number of anilines is 1. The zero-order chi connectivity index (χ0) is 24.5. The van der Waals surface area contributed by atoms with Gasteiger partial charge in [-0.05, 0) is 42.8 Å². The number of alkyl halides is 3. The van der Waals surface area contributed by atoms with Crippen molar-refractivity contribution in [3.63, 3.8) is 0 Å². The minimum atomic E-state index is -4.33. The van der Waals surface area contributed by atoms with Crippen molar-refractivity contribution in [1.82, 2.24) is 9.55 Å². The molecule has 6 nitrogen and oxygen atoms in total. The van der Waals surface area contributed by atoms with Crippen LogP contribution in [0.25, 0.3) is 16.7 Å². The van der Waals surface area contributed by atoms with Crippen molar-refractivity contribution < 1.29 is 32.2 Å². The summed E-state index contributed by atoms with van der Waals surface area (Å²) in [7, 11) is 0. The molecule has 0 aliphatic rings. The highest BCUT2D eigenvalue weighted by molar-refractivity contribution is 5.92. The fraction of sp³-hybridized carbons (Fsp3) is 0.167. The zero-order valence-corrected chi connectivity index (χ0v) is 17.9. The van der Waals surface area contributed by atoms with Crippen molar-refractivity contribution in [2.45, 2.75) is 19.5 Å². The number of ether oxygens (including phenoxy) is 1. The highest BCUT2D eigenvalue weighted by Gasteiger charge is 2.26. The fourth-order valence-electron chi connectivity index (χ4n) is 3.53. The molecule has 3 aromatic carbocycles. The van der Waals surface area contributed by atoms with Gasteiger partial charge in [0.15, 0.2) is 0 Å². The first-order chi connectivity index (χ1) is 16.1. The van der Waals surface area contributed by atoms with Gasteiger partial charge in [0, 0.05) is 30.4 Å². The standard InChI is InChI=1S/C24H19F4N3O3/c1-14-9-16(5-6-19(14)23(32)33)31-13-30-22-20(29-8-7-24(26,27)28)11-18(12-21(22)31)34-17-4-2-3-15(25)10-17/h2-6,9-13,29H,7-8H2,1H3,(H,32,33). The Hall–Kier alpha value is -4.08. The molecule has 0 aliphatic carbocycles. The zero-order valence-electron chi connectivity index (χ0n) is 17.9. The van der Waals surface area contributed by atoms with Crippen LogP contribution >= 0.6 is 0 Å². The lowest BCUT2D eigenvalue weighted by Crippen LogP contribution is -2.14. The molecule has 2 N–H and O–H groups in total. The van der Waals surface area contributed by atoms with E-state index in [-0.39, 0.29) is 23.6 Å². The predicted octanol–water partition coefficient (Wildman–Crippen LogP) is 6.33. The fourth-order valence-corrected chi connectivity index (χ4v) is 3.53. The second kappa shape index (κ2) is 9.05. The molecular formula is C24H19F4N3O3. The number of hydrogen-bond donors (Lipinski definition) is 2. The van der Waals surface area contributed by atoms with Gasteiger partial charge in [-0.1, -0.05) is 6.07 Å². The van der Waals surface area contributed by atoms with Crippen LogP contribution in [0.4, 0.5) is 23.2 Å². The number of carboxylic acid groups (broad SMARTS) is 1. The normalized spacial score (nSPS) is 11.6. The number of nitrogens with zero attached hydrogens (tertiary/aromatic N) is 2. The first-order valence-corrected chi connectivity index (χ1v) is 10.2. The van der Waals surface area contributed by atoms with Crippen LogP contribution in [0.15, 0.2) is 60.9 Å². The molecule has 10 heteroatoms. The molecule has 1 heterocycles. The van der Waals surface area contributed by atoms with E-state index in [0.29, 0.717) is 28.0 Å². The van der Waals surface area contributed by atoms with Crippen LogP contribution in [0, 0.1) is 12.7 Å². The molecule has 0 atom stereocenters. The minimum absolute atomic E-state index is 0.151. The summed E-state index contributed by atoms with van der Waals surface area (Å²) >= 11 is 0. The number of imidazole rings is 1. The van der Waals surface area contributed by atoms with Gasteiger partial charge >= 0.3 is 12.1 Å². The number of aryl methyl sites for hydroxylation is 1. The summed E-state index contributed by atoms with van der Waals surface area (Å²) < 4.78 is 59.0. The van der Waals surface area contributed by atoms with E-state index in [0.717, 1.165) is 0 Å². The lowest BCUT2D eigenvalue weighted by atomic mass is 10.1. The van der Waals surface area contributed by atoms with Crippen LogP contribution in [0.2, 0.25) is 0 Å². The maximum atomic E-state index is 13.6. The van der Waals surface area contributed by atoms with Crippen molar-refractivity contribution in [2.75, 3.05) is 11.9 Å². The van der Waals surface area contributed by atoms with E-state index in [1.165, 1.54) is 36.7 Å². The average Bonchev–Trinajstić information content (AvgIpc) is 3.16. The summed E-state index contributed by atoms with van der Waals surface area (Å²) in [4.78, 5) is 15.7. The third kappa shape index (κ3) is 5.11. The number of carbonyl (C=O) groups is 1. The van der Waals surface area contributed by atoms with Crippen LogP contribution in [0.3, 0.4) is 0 Å². The highest BCUT2D eigenvalue weighted by Crippen LogP contribution is 2.33. The molecule has 176 valence electrons. The summed E-state index contributed by atoms with van der Waals surface area (Å²) in [5.41, 5.74) is 2.50. The average molecular weight is 473 g/mol. The minimum Gasteiger partial charge on any atom is -0.478 e. The van der Waals surface area contributed by atoms with Gasteiger partial charge in [-0.15, -0.1) is 0 Å². The molecule has 0 spiro atoms. The second-order valence-corrected chi connectivity index (χ2v) is 7.61. The van der Waals surface area contributed by atoms with Crippen LogP contribution in [-0.2, 0) is 0 Å². The predicted molar refractivity (Wildman–Crippen MR) is 118 cm³/mol. The molecule has 0 fully saturated rings. The van der Waals surface area contributed by atoms with Crippen LogP contribution in [-0.4, -0.2) is 33.3 Å². The van der Waals surface area contributed by atoms with Gasteiger partial charge in [-0.25, -0.2) is 14.2 Å². The molecule has 0 radical (unpaired) electrons. The van der Waals surface area contributed by atoms with Crippen LogP contribution in [0.5, 0.6) is 11.5 Å². The molecule has 4 rings (SSSR count). The third-order valence-electron chi connectivity index (χ3n) is 5.10. The van der Waals surface area contributed by atoms with Crippen molar-refractivity contribution >= 4 is 22.7 Å². The van der Waals surface area contributed by atoms with E-state index >= 15 is 0 Å². The lowest BCUT2D eigenvalue weighted by molar-refractivity contribution is -0.131. The Morgan fingerprint density at radius 3 is 2.59 bits per heavy atom. The third-order valence-corrected chi connectivity index (χ3v) is 5.10. The van der Waals surface area contributed by atoms with Gasteiger partial charge in [0.2, 0.25) is 0 Å². The molecule has 0 aliphatic heterocycles. The number of nitrogens with one attached hydrogen (secondary N) is 1. The largest absolute Gasteiger partial charge is 0.478 e. The van der Waals surface area contributed by atoms with Crippen LogP contribution < -0.4 is 10.1 Å². The highest BCUT2D eigenvalue weighted by atomic mass is 19.4.